The summed E-state index contributed by atoms with van der Waals surface area (Å²) < 4.78 is 0. The number of hydrogen-bond acceptors (Lipinski definition) is 2. The van der Waals surface area contributed by atoms with E-state index in [2.05, 4.69) is 37.0 Å². The first-order valence-electron chi connectivity index (χ1n) is 6.72. The number of carbonyl (C=O) groups is 1. The predicted molar refractivity (Wildman–Crippen MR) is 75.5 cm³/mol. The number of likely N-dealkylation sites (tertiary alicyclic amines) is 1. The van der Waals surface area contributed by atoms with Crippen LogP contribution in [0.5, 0.6) is 0 Å². The number of rotatable bonds is 3. The molecule has 0 atom stereocenters. The van der Waals surface area contributed by atoms with Gasteiger partial charge >= 0.3 is 0 Å². The molecule has 0 aromatic heterocycles. The number of nitrogens with zero attached hydrogens (tertiary/aromatic N) is 1. The first kappa shape index (κ1) is 13.0. The van der Waals surface area contributed by atoms with Crippen LogP contribution in [0.4, 0.5) is 0 Å². The van der Waals surface area contributed by atoms with Gasteiger partial charge in [-0.15, -0.1) is 0 Å². The first-order valence-corrected chi connectivity index (χ1v) is 6.72. The molecule has 0 spiro atoms. The van der Waals surface area contributed by atoms with Gasteiger partial charge in [-0.05, 0) is 37.1 Å². The minimum atomic E-state index is 0.311. The summed E-state index contributed by atoms with van der Waals surface area (Å²) in [5.41, 5.74) is 3.36. The van der Waals surface area contributed by atoms with E-state index in [4.69, 9.17) is 0 Å². The van der Waals surface area contributed by atoms with E-state index in [1.807, 2.05) is 12.1 Å². The second-order valence-corrected chi connectivity index (χ2v) is 4.98. The van der Waals surface area contributed by atoms with E-state index in [1.54, 1.807) is 0 Å². The molecule has 2 heteroatoms. The van der Waals surface area contributed by atoms with E-state index in [0.29, 0.717) is 12.2 Å². The van der Waals surface area contributed by atoms with E-state index in [-0.39, 0.29) is 0 Å². The third kappa shape index (κ3) is 3.08. The van der Waals surface area contributed by atoms with Crippen LogP contribution in [-0.2, 0) is 4.79 Å². The van der Waals surface area contributed by atoms with Gasteiger partial charge in [-0.1, -0.05) is 31.2 Å². The molecule has 0 unspecified atom stereocenters. The van der Waals surface area contributed by atoms with Crippen molar-refractivity contribution in [2.45, 2.75) is 26.7 Å². The molecule has 2 rings (SSSR count). The summed E-state index contributed by atoms with van der Waals surface area (Å²) >= 11 is 0. The second-order valence-electron chi connectivity index (χ2n) is 4.98. The lowest BCUT2D eigenvalue weighted by Gasteiger charge is -2.27. The Morgan fingerprint density at radius 2 is 2.11 bits per heavy atom. The lowest BCUT2D eigenvalue weighted by Crippen LogP contribution is -2.36. The average Bonchev–Trinajstić information content (AvgIpc) is 2.36. The van der Waals surface area contributed by atoms with Crippen molar-refractivity contribution in [3.8, 4) is 0 Å². The third-order valence-electron chi connectivity index (χ3n) is 3.47. The minimum absolute atomic E-state index is 0.311. The molecule has 1 aliphatic heterocycles. The minimum Gasteiger partial charge on any atom is -0.299 e. The van der Waals surface area contributed by atoms with Crippen LogP contribution in [0, 0.1) is 6.92 Å². The van der Waals surface area contributed by atoms with E-state index in [1.165, 1.54) is 11.1 Å². The lowest BCUT2D eigenvalue weighted by molar-refractivity contribution is -0.117. The zero-order valence-electron chi connectivity index (χ0n) is 11.3. The van der Waals surface area contributed by atoms with Crippen LogP contribution >= 0.6 is 0 Å². The largest absolute Gasteiger partial charge is 0.299 e. The summed E-state index contributed by atoms with van der Waals surface area (Å²) in [5, 5.41) is 0. The quantitative estimate of drug-likeness (QED) is 0.760. The van der Waals surface area contributed by atoms with Crippen molar-refractivity contribution in [3.63, 3.8) is 0 Å². The fourth-order valence-electron chi connectivity index (χ4n) is 2.40. The molecule has 18 heavy (non-hydrogen) atoms. The fourth-order valence-corrected chi connectivity index (χ4v) is 2.40. The van der Waals surface area contributed by atoms with Crippen LogP contribution in [0.3, 0.4) is 0 Å². The number of Topliss-reactive ketones (excluding diaryl/α,β-unsaturated/α-hetero) is 1. The summed E-state index contributed by atoms with van der Waals surface area (Å²) in [4.78, 5) is 14.3. The Morgan fingerprint density at radius 3 is 2.83 bits per heavy atom. The van der Waals surface area contributed by atoms with Crippen LogP contribution in [0.1, 0.15) is 30.9 Å². The highest BCUT2D eigenvalue weighted by atomic mass is 16.1. The van der Waals surface area contributed by atoms with Gasteiger partial charge in [-0.25, -0.2) is 0 Å². The fraction of sp³-hybridized carbons (Fsp3) is 0.438. The number of benzene rings is 1. The van der Waals surface area contributed by atoms with Crippen molar-refractivity contribution in [2.75, 3.05) is 19.6 Å². The number of hydrogen-bond donors (Lipinski definition) is 0. The molecule has 0 bridgehead atoms. The predicted octanol–water partition coefficient (Wildman–Crippen LogP) is 3.06. The van der Waals surface area contributed by atoms with Gasteiger partial charge in [0, 0.05) is 25.1 Å². The number of carbonyl (C=O) groups excluding carboxylic acids is 1. The van der Waals surface area contributed by atoms with E-state index in [9.17, 15) is 4.79 Å². The highest BCUT2D eigenvalue weighted by Crippen LogP contribution is 2.18. The third-order valence-corrected chi connectivity index (χ3v) is 3.47. The molecule has 2 nitrogen and oxygen atoms in total. The van der Waals surface area contributed by atoms with Gasteiger partial charge in [0.2, 0.25) is 0 Å². The van der Waals surface area contributed by atoms with Crippen molar-refractivity contribution in [3.05, 3.63) is 41.0 Å². The van der Waals surface area contributed by atoms with Crippen LogP contribution in [0.15, 0.2) is 29.8 Å². The summed E-state index contributed by atoms with van der Waals surface area (Å²) in [5.74, 6) is 0.311. The highest BCUT2D eigenvalue weighted by Gasteiger charge is 2.20. The molecule has 1 saturated heterocycles. The Labute approximate surface area is 109 Å². The van der Waals surface area contributed by atoms with Gasteiger partial charge in [-0.2, -0.15) is 0 Å². The maximum Gasteiger partial charge on any atom is 0.161 e. The number of aryl methyl sites for hydroxylation is 1. The Morgan fingerprint density at radius 1 is 1.33 bits per heavy atom. The van der Waals surface area contributed by atoms with Gasteiger partial charge in [0.05, 0.1) is 0 Å². The summed E-state index contributed by atoms with van der Waals surface area (Å²) in [6.45, 7) is 7.07. The smallest absolute Gasteiger partial charge is 0.161 e. The number of ketones is 1. The number of piperidine rings is 1. The molecule has 0 amide bonds. The van der Waals surface area contributed by atoms with Crippen LogP contribution in [-0.4, -0.2) is 30.3 Å². The summed E-state index contributed by atoms with van der Waals surface area (Å²) in [7, 11) is 0. The molecule has 1 fully saturated rings. The topological polar surface area (TPSA) is 20.3 Å². The molecular formula is C16H21NO. The van der Waals surface area contributed by atoms with E-state index >= 15 is 0 Å². The zero-order valence-corrected chi connectivity index (χ0v) is 11.3. The maximum absolute atomic E-state index is 12.0. The molecular weight excluding hydrogens is 222 g/mol. The lowest BCUT2D eigenvalue weighted by atomic mass is 9.98. The Balaban J connectivity index is 2.19. The first-order chi connectivity index (χ1) is 8.70. The molecule has 0 radical (unpaired) electrons. The molecule has 96 valence electrons. The summed E-state index contributed by atoms with van der Waals surface area (Å²) in [6, 6.07) is 8.22. The Hall–Kier alpha value is -1.41. The molecule has 1 aromatic carbocycles. The SMILES string of the molecule is CCCN1CCC(=O)/C(=C/c2ccccc2C)C1. The van der Waals surface area contributed by atoms with Crippen LogP contribution in [0.25, 0.3) is 6.08 Å². The van der Waals surface area contributed by atoms with Gasteiger partial charge in [0.1, 0.15) is 0 Å². The van der Waals surface area contributed by atoms with Crippen LogP contribution < -0.4 is 0 Å². The van der Waals surface area contributed by atoms with Crippen molar-refractivity contribution in [1.82, 2.24) is 4.90 Å². The molecule has 1 aromatic rings. The Bertz CT molecular complexity index is 462. The molecule has 0 saturated carbocycles. The van der Waals surface area contributed by atoms with Crippen molar-refractivity contribution < 1.29 is 4.79 Å². The van der Waals surface area contributed by atoms with E-state index < -0.39 is 0 Å². The molecule has 0 N–H and O–H groups in total. The van der Waals surface area contributed by atoms with Crippen molar-refractivity contribution in [1.29, 1.82) is 0 Å². The maximum atomic E-state index is 12.0. The van der Waals surface area contributed by atoms with Gasteiger partial charge in [0.25, 0.3) is 0 Å². The van der Waals surface area contributed by atoms with Gasteiger partial charge < -0.3 is 0 Å². The van der Waals surface area contributed by atoms with Gasteiger partial charge in [-0.3, -0.25) is 9.69 Å². The van der Waals surface area contributed by atoms with E-state index in [0.717, 1.165) is 31.6 Å². The highest BCUT2D eigenvalue weighted by molar-refractivity contribution is 6.00. The zero-order chi connectivity index (χ0) is 13.0. The Kier molecular flexibility index (Phi) is 4.32. The van der Waals surface area contributed by atoms with Crippen molar-refractivity contribution >= 4 is 11.9 Å². The molecule has 1 heterocycles. The monoisotopic (exact) mass is 243 g/mol. The second kappa shape index (κ2) is 5.96. The molecule has 0 aliphatic carbocycles. The normalized spacial score (nSPS) is 19.4. The van der Waals surface area contributed by atoms with Crippen LogP contribution in [0.2, 0.25) is 0 Å². The van der Waals surface area contributed by atoms with Gasteiger partial charge in [0.15, 0.2) is 5.78 Å². The van der Waals surface area contributed by atoms with Crippen molar-refractivity contribution in [2.24, 2.45) is 0 Å². The molecule has 1 aliphatic rings. The summed E-state index contributed by atoms with van der Waals surface area (Å²) in [6.07, 6.45) is 3.88. The standard InChI is InChI=1S/C16H21NO/c1-3-9-17-10-8-16(18)15(12-17)11-14-7-5-4-6-13(14)2/h4-7,11H,3,8-10,12H2,1-2H3/b15-11+. The average molecular weight is 243 g/mol.